The molecule has 2 heterocycles. The minimum atomic E-state index is -4.08. The van der Waals surface area contributed by atoms with Crippen LogP contribution in [0.1, 0.15) is 16.8 Å². The Labute approximate surface area is 168 Å². The number of aromatic nitrogens is 3. The fraction of sp³-hybridized carbons (Fsp3) is 0.235. The van der Waals surface area contributed by atoms with Gasteiger partial charge in [-0.15, -0.1) is 5.10 Å². The van der Waals surface area contributed by atoms with Gasteiger partial charge in [-0.1, -0.05) is 0 Å². The van der Waals surface area contributed by atoms with E-state index in [9.17, 15) is 26.4 Å². The Hall–Kier alpha value is -3.35. The number of ether oxygens (including phenoxy) is 1. The molecule has 0 atom stereocenters. The number of fused-ring (bicyclic) bond motifs is 1. The maximum atomic E-state index is 14.7. The average molecular weight is 443 g/mol. The highest BCUT2D eigenvalue weighted by Gasteiger charge is 2.23. The number of carbonyl (C=O) groups excluding carboxylic acids is 1. The van der Waals surface area contributed by atoms with Gasteiger partial charge in [-0.05, 0) is 18.6 Å². The molecule has 2 N–H and O–H groups in total. The summed E-state index contributed by atoms with van der Waals surface area (Å²) < 4.78 is 72.9. The number of alkyl halides is 1. The lowest BCUT2D eigenvalue weighted by Gasteiger charge is -2.12. The lowest BCUT2D eigenvalue weighted by Crippen LogP contribution is -2.21. The number of rotatable bonds is 8. The zero-order chi connectivity index (χ0) is 21.9. The largest absolute Gasteiger partial charge is 0.480 e. The van der Waals surface area contributed by atoms with Gasteiger partial charge in [-0.2, -0.15) is 0 Å². The number of nitrogens with one attached hydrogen (secondary N) is 2. The number of methoxy groups -OCH3 is 1. The molecule has 0 radical (unpaired) electrons. The van der Waals surface area contributed by atoms with Crippen LogP contribution in [0.4, 0.5) is 24.5 Å². The molecule has 2 aromatic heterocycles. The van der Waals surface area contributed by atoms with E-state index in [2.05, 4.69) is 15.4 Å². The molecule has 3 aromatic rings. The van der Waals surface area contributed by atoms with Crippen molar-refractivity contribution in [2.75, 3.05) is 29.6 Å². The van der Waals surface area contributed by atoms with E-state index in [1.807, 2.05) is 4.72 Å². The second-order valence-corrected chi connectivity index (χ2v) is 7.88. The van der Waals surface area contributed by atoms with Crippen LogP contribution in [-0.4, -0.2) is 48.5 Å². The molecule has 0 fully saturated rings. The molecular formula is C17H16F3N5O4S. The summed E-state index contributed by atoms with van der Waals surface area (Å²) in [6.45, 7) is -0.874. The number of sulfonamides is 1. The number of anilines is 2. The molecule has 0 aliphatic heterocycles. The summed E-state index contributed by atoms with van der Waals surface area (Å²) in [7, 11) is -2.66. The van der Waals surface area contributed by atoms with E-state index in [1.54, 1.807) is 0 Å². The van der Waals surface area contributed by atoms with E-state index in [-0.39, 0.29) is 18.0 Å². The molecule has 3 rings (SSSR count). The van der Waals surface area contributed by atoms with Gasteiger partial charge in [0.25, 0.3) is 5.91 Å². The predicted molar refractivity (Wildman–Crippen MR) is 102 cm³/mol. The van der Waals surface area contributed by atoms with Crippen molar-refractivity contribution in [2.24, 2.45) is 0 Å². The van der Waals surface area contributed by atoms with Gasteiger partial charge in [-0.3, -0.25) is 13.9 Å². The van der Waals surface area contributed by atoms with Gasteiger partial charge in [0.05, 0.1) is 43.3 Å². The molecule has 9 nitrogen and oxygen atoms in total. The third-order valence-corrected chi connectivity index (χ3v) is 5.25. The third-order valence-electron chi connectivity index (χ3n) is 3.89. The van der Waals surface area contributed by atoms with Crippen molar-refractivity contribution in [3.05, 3.63) is 47.8 Å². The van der Waals surface area contributed by atoms with Crippen molar-refractivity contribution >= 4 is 33.0 Å². The number of hydrogen-bond acceptors (Lipinski definition) is 6. The lowest BCUT2D eigenvalue weighted by atomic mass is 10.1. The highest BCUT2D eigenvalue weighted by atomic mass is 32.2. The summed E-state index contributed by atoms with van der Waals surface area (Å²) in [5.74, 6) is -4.11. The second kappa shape index (κ2) is 8.57. The van der Waals surface area contributed by atoms with Crippen LogP contribution >= 0.6 is 0 Å². The van der Waals surface area contributed by atoms with E-state index >= 15 is 0 Å². The molecule has 0 spiro atoms. The summed E-state index contributed by atoms with van der Waals surface area (Å²) in [6.07, 6.45) is 2.30. The molecule has 30 heavy (non-hydrogen) atoms. The molecule has 160 valence electrons. The van der Waals surface area contributed by atoms with Crippen molar-refractivity contribution in [2.45, 2.75) is 6.42 Å². The van der Waals surface area contributed by atoms with Crippen LogP contribution in [0.3, 0.4) is 0 Å². The summed E-state index contributed by atoms with van der Waals surface area (Å²) in [6, 6.07) is 3.10. The van der Waals surface area contributed by atoms with E-state index in [0.29, 0.717) is 5.65 Å². The Kier molecular flexibility index (Phi) is 6.10. The van der Waals surface area contributed by atoms with Gasteiger partial charge in [0.15, 0.2) is 11.5 Å². The first kappa shape index (κ1) is 21.4. The van der Waals surface area contributed by atoms with Crippen LogP contribution in [0.2, 0.25) is 0 Å². The summed E-state index contributed by atoms with van der Waals surface area (Å²) >= 11 is 0. The fourth-order valence-electron chi connectivity index (χ4n) is 2.52. The van der Waals surface area contributed by atoms with Crippen molar-refractivity contribution in [1.29, 1.82) is 0 Å². The van der Waals surface area contributed by atoms with Crippen LogP contribution in [0.25, 0.3) is 5.65 Å². The summed E-state index contributed by atoms with van der Waals surface area (Å²) in [5.41, 5.74) is -1.15. The smallest absolute Gasteiger partial charge is 0.261 e. The molecule has 0 aliphatic rings. The first-order chi connectivity index (χ1) is 14.2. The Morgan fingerprint density at radius 3 is 2.77 bits per heavy atom. The molecule has 0 aliphatic carbocycles. The summed E-state index contributed by atoms with van der Waals surface area (Å²) in [4.78, 5) is 16.5. The van der Waals surface area contributed by atoms with E-state index < -0.39 is 51.2 Å². The van der Waals surface area contributed by atoms with E-state index in [1.165, 1.54) is 30.1 Å². The minimum Gasteiger partial charge on any atom is -0.480 e. The Morgan fingerprint density at radius 2 is 2.07 bits per heavy atom. The van der Waals surface area contributed by atoms with Crippen LogP contribution < -0.4 is 14.8 Å². The SMILES string of the molecule is COc1cc2ncc(NC(=O)c3c(F)ccc(NS(=O)(=O)CCCF)c3F)cn2n1. The first-order valence-electron chi connectivity index (χ1n) is 8.49. The monoisotopic (exact) mass is 443 g/mol. The van der Waals surface area contributed by atoms with Gasteiger partial charge >= 0.3 is 0 Å². The van der Waals surface area contributed by atoms with Crippen LogP contribution in [0.5, 0.6) is 5.88 Å². The predicted octanol–water partition coefficient (Wildman–Crippen LogP) is 2.37. The van der Waals surface area contributed by atoms with Gasteiger partial charge in [-0.25, -0.2) is 26.7 Å². The minimum absolute atomic E-state index is 0.0750. The Morgan fingerprint density at radius 1 is 1.30 bits per heavy atom. The molecular weight excluding hydrogens is 427 g/mol. The first-order valence-corrected chi connectivity index (χ1v) is 10.1. The topological polar surface area (TPSA) is 115 Å². The van der Waals surface area contributed by atoms with Gasteiger partial charge in [0, 0.05) is 6.07 Å². The fourth-order valence-corrected chi connectivity index (χ4v) is 3.60. The maximum Gasteiger partial charge on any atom is 0.261 e. The van der Waals surface area contributed by atoms with Crippen LogP contribution in [-0.2, 0) is 10.0 Å². The quantitative estimate of drug-likeness (QED) is 0.553. The molecule has 0 saturated carbocycles. The average Bonchev–Trinajstić information content (AvgIpc) is 3.11. The van der Waals surface area contributed by atoms with Crippen LogP contribution in [0.15, 0.2) is 30.6 Å². The van der Waals surface area contributed by atoms with Crippen molar-refractivity contribution < 1.29 is 31.1 Å². The van der Waals surface area contributed by atoms with Gasteiger partial charge in [0.2, 0.25) is 15.9 Å². The molecule has 0 unspecified atom stereocenters. The zero-order valence-electron chi connectivity index (χ0n) is 15.5. The van der Waals surface area contributed by atoms with Crippen LogP contribution in [0, 0.1) is 11.6 Å². The molecule has 0 bridgehead atoms. The van der Waals surface area contributed by atoms with Crippen molar-refractivity contribution in [3.8, 4) is 5.88 Å². The number of hydrogen-bond donors (Lipinski definition) is 2. The standard InChI is InChI=1S/C17H16F3N5O4S/c1-29-14-7-13-21-8-10(9-25(13)23-14)22-17(26)15-11(19)3-4-12(16(15)20)24-30(27,28)6-2-5-18/h3-4,7-9,24H,2,5-6H2,1H3,(H,22,26). The normalized spacial score (nSPS) is 11.5. The lowest BCUT2D eigenvalue weighted by molar-refractivity contribution is 0.101. The number of benzene rings is 1. The Bertz CT molecular complexity index is 1200. The molecule has 1 amide bonds. The molecule has 13 heteroatoms. The highest BCUT2D eigenvalue weighted by molar-refractivity contribution is 7.92. The Balaban J connectivity index is 1.86. The maximum absolute atomic E-state index is 14.7. The van der Waals surface area contributed by atoms with Crippen molar-refractivity contribution in [1.82, 2.24) is 14.6 Å². The zero-order valence-corrected chi connectivity index (χ0v) is 16.3. The highest BCUT2D eigenvalue weighted by Crippen LogP contribution is 2.24. The number of carbonyl (C=O) groups is 1. The van der Waals surface area contributed by atoms with E-state index in [4.69, 9.17) is 4.74 Å². The molecule has 1 aromatic carbocycles. The number of nitrogens with zero attached hydrogens (tertiary/aromatic N) is 3. The molecule has 0 saturated heterocycles. The van der Waals surface area contributed by atoms with Crippen molar-refractivity contribution in [3.63, 3.8) is 0 Å². The number of halogens is 3. The summed E-state index contributed by atoms with van der Waals surface area (Å²) in [5, 5.41) is 6.29. The third kappa shape index (κ3) is 4.62. The number of amides is 1. The van der Waals surface area contributed by atoms with Gasteiger partial charge in [0.1, 0.15) is 11.4 Å². The van der Waals surface area contributed by atoms with E-state index in [0.717, 1.165) is 12.1 Å². The van der Waals surface area contributed by atoms with Gasteiger partial charge < -0.3 is 10.1 Å². The second-order valence-electron chi connectivity index (χ2n) is 6.03.